The number of hydrogen-bond acceptors (Lipinski definition) is 7. The number of nitrogens with zero attached hydrogens (tertiary/aromatic N) is 5. The van der Waals surface area contributed by atoms with E-state index in [0.717, 1.165) is 16.7 Å². The molecule has 10 nitrogen and oxygen atoms in total. The lowest BCUT2D eigenvalue weighted by Gasteiger charge is -2.32. The maximum absolute atomic E-state index is 13.9. The molecule has 2 N–H and O–H groups in total. The molecule has 34 heavy (non-hydrogen) atoms. The number of alkyl halides is 1. The molecule has 2 atom stereocenters. The van der Waals surface area contributed by atoms with Crippen LogP contribution in [0, 0.1) is 0 Å². The van der Waals surface area contributed by atoms with E-state index in [1.54, 1.807) is 30.1 Å². The fraction of sp³-hybridized carbons (Fsp3) is 0.348. The second kappa shape index (κ2) is 9.18. The third kappa shape index (κ3) is 4.60. The van der Waals surface area contributed by atoms with E-state index in [2.05, 4.69) is 25.6 Å². The molecule has 3 heterocycles. The van der Waals surface area contributed by atoms with Crippen molar-refractivity contribution < 1.29 is 13.6 Å². The number of H-pyrrole nitrogens is 2. The summed E-state index contributed by atoms with van der Waals surface area (Å²) in [7, 11) is 1.76. The summed E-state index contributed by atoms with van der Waals surface area (Å²) in [4.78, 5) is 31.1. The summed E-state index contributed by atoms with van der Waals surface area (Å²) in [6.45, 7) is 1.51. The summed E-state index contributed by atoms with van der Waals surface area (Å²) in [6.07, 6.45) is -0.209. The van der Waals surface area contributed by atoms with Gasteiger partial charge in [0.2, 0.25) is 11.7 Å². The molecule has 11 heteroatoms. The number of oxazole rings is 1. The molecule has 0 saturated carbocycles. The van der Waals surface area contributed by atoms with E-state index in [9.17, 15) is 14.0 Å². The van der Waals surface area contributed by atoms with E-state index in [1.807, 2.05) is 29.2 Å². The zero-order valence-corrected chi connectivity index (χ0v) is 18.6. The lowest BCUT2D eigenvalue weighted by Crippen LogP contribution is -2.39. The van der Waals surface area contributed by atoms with Crippen molar-refractivity contribution in [2.75, 3.05) is 26.7 Å². The average molecular weight is 465 g/mol. The van der Waals surface area contributed by atoms with Gasteiger partial charge < -0.3 is 9.32 Å². The fourth-order valence-electron chi connectivity index (χ4n) is 4.40. The molecule has 4 aromatic rings. The molecule has 2 aromatic carbocycles. The van der Waals surface area contributed by atoms with Crippen LogP contribution in [-0.2, 0) is 11.2 Å². The second-order valence-electron chi connectivity index (χ2n) is 8.55. The number of nitrogens with one attached hydrogen (secondary N) is 2. The first-order valence-corrected chi connectivity index (χ1v) is 11.0. The topological polar surface area (TPSA) is 124 Å². The lowest BCUT2D eigenvalue weighted by molar-refractivity contribution is -0.131. The number of halogens is 1. The monoisotopic (exact) mass is 465 g/mol. The third-order valence-corrected chi connectivity index (χ3v) is 6.22. The van der Waals surface area contributed by atoms with Gasteiger partial charge in [-0.2, -0.15) is 5.21 Å². The van der Waals surface area contributed by atoms with Gasteiger partial charge in [-0.1, -0.05) is 24.3 Å². The quantitative estimate of drug-likeness (QED) is 0.428. The average Bonchev–Trinajstić information content (AvgIpc) is 3.57. The van der Waals surface area contributed by atoms with Crippen molar-refractivity contribution in [3.63, 3.8) is 0 Å². The molecular formula is C23H24FN7O3. The first-order chi connectivity index (χ1) is 16.5. The number of amides is 1. The Hall–Kier alpha value is -3.86. The summed E-state index contributed by atoms with van der Waals surface area (Å²) in [6, 6.07) is 12.5. The van der Waals surface area contributed by atoms with Crippen molar-refractivity contribution in [3.05, 3.63) is 64.1 Å². The van der Waals surface area contributed by atoms with Crippen LogP contribution in [0.5, 0.6) is 0 Å². The van der Waals surface area contributed by atoms with E-state index < -0.39 is 11.9 Å². The van der Waals surface area contributed by atoms with Gasteiger partial charge in [0.05, 0.1) is 18.0 Å². The molecule has 0 unspecified atom stereocenters. The number of likely N-dealkylation sites (N-methyl/N-ethyl adjacent to an activating group) is 1. The summed E-state index contributed by atoms with van der Waals surface area (Å²) < 4.78 is 18.9. The van der Waals surface area contributed by atoms with E-state index >= 15 is 0 Å². The predicted molar refractivity (Wildman–Crippen MR) is 122 cm³/mol. The van der Waals surface area contributed by atoms with Crippen molar-refractivity contribution in [3.8, 4) is 11.4 Å². The van der Waals surface area contributed by atoms with Gasteiger partial charge in [0.25, 0.3) is 0 Å². The van der Waals surface area contributed by atoms with Gasteiger partial charge in [-0.15, -0.1) is 10.2 Å². The van der Waals surface area contributed by atoms with Gasteiger partial charge in [-0.05, 0) is 41.0 Å². The Morgan fingerprint density at radius 2 is 2.21 bits per heavy atom. The largest absolute Gasteiger partial charge is 0.417 e. The molecule has 0 spiro atoms. The van der Waals surface area contributed by atoms with Crippen molar-refractivity contribution >= 4 is 17.0 Å². The molecule has 2 aromatic heterocycles. The van der Waals surface area contributed by atoms with Crippen LogP contribution in [-0.4, -0.2) is 74.2 Å². The first-order valence-electron chi connectivity index (χ1n) is 11.0. The number of hydrogen-bond donors (Lipinski definition) is 2. The van der Waals surface area contributed by atoms with Gasteiger partial charge >= 0.3 is 5.76 Å². The zero-order valence-electron chi connectivity index (χ0n) is 18.6. The van der Waals surface area contributed by atoms with Gasteiger partial charge in [0.15, 0.2) is 5.58 Å². The van der Waals surface area contributed by atoms with Crippen LogP contribution in [0.3, 0.4) is 0 Å². The number of aromatic amines is 2. The lowest BCUT2D eigenvalue weighted by atomic mass is 10.0. The number of carbonyl (C=O) groups excluding carboxylic acids is 1. The molecule has 1 amide bonds. The first kappa shape index (κ1) is 22.0. The van der Waals surface area contributed by atoms with E-state index in [4.69, 9.17) is 4.42 Å². The second-order valence-corrected chi connectivity index (χ2v) is 8.55. The normalized spacial score (nSPS) is 17.3. The minimum Gasteiger partial charge on any atom is -0.408 e. The Morgan fingerprint density at radius 3 is 2.97 bits per heavy atom. The van der Waals surface area contributed by atoms with Crippen LogP contribution in [0.1, 0.15) is 23.6 Å². The summed E-state index contributed by atoms with van der Waals surface area (Å²) in [5.74, 6) is -0.174. The Bertz CT molecular complexity index is 1350. The number of tetrazole rings is 1. The number of likely N-dealkylation sites (tertiary alicyclic amines) is 1. The Labute approximate surface area is 193 Å². The number of rotatable bonds is 7. The van der Waals surface area contributed by atoms with Crippen LogP contribution in [0.2, 0.25) is 0 Å². The Morgan fingerprint density at radius 1 is 1.32 bits per heavy atom. The van der Waals surface area contributed by atoms with Crippen molar-refractivity contribution in [2.45, 2.75) is 25.1 Å². The number of fused-ring (bicyclic) bond motifs is 1. The highest BCUT2D eigenvalue weighted by atomic mass is 19.1. The van der Waals surface area contributed by atoms with Gasteiger partial charge in [-0.3, -0.25) is 14.7 Å². The van der Waals surface area contributed by atoms with Gasteiger partial charge in [0.1, 0.15) is 6.17 Å². The van der Waals surface area contributed by atoms with Crippen LogP contribution in [0.15, 0.2) is 51.7 Å². The molecule has 5 rings (SSSR count). The highest BCUT2D eigenvalue weighted by Crippen LogP contribution is 2.27. The minimum absolute atomic E-state index is 0.101. The van der Waals surface area contributed by atoms with Crippen LogP contribution in [0.25, 0.3) is 22.5 Å². The molecule has 1 aliphatic rings. The fourth-order valence-corrected chi connectivity index (χ4v) is 4.40. The van der Waals surface area contributed by atoms with Gasteiger partial charge in [-0.25, -0.2) is 9.18 Å². The SMILES string of the molecule is CN(C(=O)Cc1ccc2oc(=O)[nH]c2c1)[C@H](CN1CC[C@@H](F)C1)c1cccc(-c2nn[nH]n2)c1. The highest BCUT2D eigenvalue weighted by Gasteiger charge is 2.29. The summed E-state index contributed by atoms with van der Waals surface area (Å²) in [5, 5.41) is 14.2. The number of benzene rings is 2. The van der Waals surface area contributed by atoms with E-state index in [-0.39, 0.29) is 18.4 Å². The van der Waals surface area contributed by atoms with E-state index in [1.165, 1.54) is 0 Å². The molecule has 176 valence electrons. The van der Waals surface area contributed by atoms with Crippen molar-refractivity contribution in [1.82, 2.24) is 35.4 Å². The molecular weight excluding hydrogens is 441 g/mol. The number of aromatic nitrogens is 5. The predicted octanol–water partition coefficient (Wildman–Crippen LogP) is 2.09. The van der Waals surface area contributed by atoms with E-state index in [0.29, 0.717) is 43.0 Å². The molecule has 1 fully saturated rings. The molecule has 1 aliphatic heterocycles. The summed E-state index contributed by atoms with van der Waals surface area (Å²) in [5.41, 5.74) is 3.42. The van der Waals surface area contributed by atoms with Gasteiger partial charge in [0, 0.05) is 32.2 Å². The molecule has 0 radical (unpaired) electrons. The maximum Gasteiger partial charge on any atom is 0.417 e. The highest BCUT2D eigenvalue weighted by molar-refractivity contribution is 5.81. The summed E-state index contributed by atoms with van der Waals surface area (Å²) >= 11 is 0. The molecule has 0 aliphatic carbocycles. The zero-order chi connectivity index (χ0) is 23.7. The smallest absolute Gasteiger partial charge is 0.408 e. The van der Waals surface area contributed by atoms with Crippen LogP contribution < -0.4 is 5.76 Å². The third-order valence-electron chi connectivity index (χ3n) is 6.22. The molecule has 1 saturated heterocycles. The van der Waals surface area contributed by atoms with Crippen LogP contribution >= 0.6 is 0 Å². The standard InChI is InChI=1S/C23H24FN7O3/c1-30(21(32)10-14-5-6-20-18(9-14)25-23(33)34-20)19(13-31-8-7-17(24)12-31)15-3-2-4-16(11-15)22-26-28-29-27-22/h2-6,9,11,17,19H,7-8,10,12-13H2,1H3,(H,25,33)(H,26,27,28,29)/t17-,19-/m1/s1. The maximum atomic E-state index is 13.9. The Kier molecular flexibility index (Phi) is 5.93. The molecule has 0 bridgehead atoms. The number of carbonyl (C=O) groups is 1. The van der Waals surface area contributed by atoms with Crippen LogP contribution in [0.4, 0.5) is 4.39 Å². The minimum atomic E-state index is -0.851. The van der Waals surface area contributed by atoms with Crippen molar-refractivity contribution in [1.29, 1.82) is 0 Å². The Balaban J connectivity index is 1.41. The van der Waals surface area contributed by atoms with Crippen molar-refractivity contribution in [2.24, 2.45) is 0 Å².